The van der Waals surface area contributed by atoms with Crippen LogP contribution in [0, 0.1) is 5.41 Å². The van der Waals surface area contributed by atoms with Gasteiger partial charge in [-0.05, 0) is 30.2 Å². The lowest BCUT2D eigenvalue weighted by Crippen LogP contribution is -2.17. The third-order valence-corrected chi connectivity index (χ3v) is 5.06. The summed E-state index contributed by atoms with van der Waals surface area (Å²) in [5.74, 6) is 0.206. The summed E-state index contributed by atoms with van der Waals surface area (Å²) in [6.45, 7) is 2.00. The number of hydrogen-bond donors (Lipinski definition) is 0. The summed E-state index contributed by atoms with van der Waals surface area (Å²) in [7, 11) is 1.46. The van der Waals surface area contributed by atoms with Crippen LogP contribution >= 0.6 is 15.9 Å². The van der Waals surface area contributed by atoms with E-state index in [0.29, 0.717) is 0 Å². The van der Waals surface area contributed by atoms with Crippen molar-refractivity contribution in [2.75, 3.05) is 7.11 Å². The zero-order valence-electron chi connectivity index (χ0n) is 12.0. The Kier molecular flexibility index (Phi) is 3.62. The van der Waals surface area contributed by atoms with Crippen LogP contribution in [0.2, 0.25) is 0 Å². The molecule has 1 aliphatic rings. The fourth-order valence-corrected chi connectivity index (χ4v) is 3.66. The van der Waals surface area contributed by atoms with Crippen LogP contribution in [0.4, 0.5) is 0 Å². The summed E-state index contributed by atoms with van der Waals surface area (Å²) in [5.41, 5.74) is 1.89. The molecule has 0 aliphatic heterocycles. The Morgan fingerprint density at radius 1 is 1.00 bits per heavy atom. The Morgan fingerprint density at radius 2 is 1.52 bits per heavy atom. The molecule has 21 heavy (non-hydrogen) atoms. The molecule has 2 aromatic carbocycles. The smallest absolute Gasteiger partial charge is 0.312 e. The number of rotatable bonds is 3. The molecule has 0 N–H and O–H groups in total. The van der Waals surface area contributed by atoms with Crippen LogP contribution in [0.3, 0.4) is 0 Å². The fraction of sp³-hybridized carbons (Fsp3) is 0.278. The first-order valence-electron chi connectivity index (χ1n) is 6.98. The summed E-state index contributed by atoms with van der Waals surface area (Å²) >= 11 is 3.45. The van der Waals surface area contributed by atoms with E-state index in [1.807, 2.05) is 37.3 Å². The molecular formula is C18H17BrO2. The largest absolute Gasteiger partial charge is 0.469 e. The van der Waals surface area contributed by atoms with E-state index in [0.717, 1.165) is 4.47 Å². The Morgan fingerprint density at radius 3 is 2.05 bits per heavy atom. The molecule has 3 rings (SSSR count). The standard InChI is InChI=1S/C18H17BrO2/c1-18(17(20)21-2)15(12-6-4-3-5-7-12)16(18)13-8-10-14(19)11-9-13/h3-11,15-16H,1-2H3/t15-,16-,18-/m1/s1. The van der Waals surface area contributed by atoms with Crippen molar-refractivity contribution in [1.82, 2.24) is 0 Å². The summed E-state index contributed by atoms with van der Waals surface area (Å²) in [6.07, 6.45) is 0. The van der Waals surface area contributed by atoms with Crippen molar-refractivity contribution < 1.29 is 9.53 Å². The van der Waals surface area contributed by atoms with E-state index < -0.39 is 5.41 Å². The average molecular weight is 345 g/mol. The van der Waals surface area contributed by atoms with Crippen LogP contribution in [0.1, 0.15) is 29.9 Å². The first-order chi connectivity index (χ1) is 10.1. The molecule has 0 aromatic heterocycles. The lowest BCUT2D eigenvalue weighted by molar-refractivity contribution is -0.146. The number of halogens is 1. The maximum Gasteiger partial charge on any atom is 0.312 e. The zero-order chi connectivity index (χ0) is 15.0. The third kappa shape index (κ3) is 2.30. The van der Waals surface area contributed by atoms with E-state index in [-0.39, 0.29) is 17.8 Å². The number of ether oxygens (including phenoxy) is 1. The summed E-state index contributed by atoms with van der Waals surface area (Å²) in [6, 6.07) is 18.4. The van der Waals surface area contributed by atoms with Crippen LogP contribution in [0.25, 0.3) is 0 Å². The second kappa shape index (κ2) is 5.30. The summed E-state index contributed by atoms with van der Waals surface area (Å²) < 4.78 is 6.10. The van der Waals surface area contributed by atoms with Crippen LogP contribution in [-0.4, -0.2) is 13.1 Å². The molecule has 0 saturated heterocycles. The van der Waals surface area contributed by atoms with Crippen molar-refractivity contribution in [2.45, 2.75) is 18.8 Å². The van der Waals surface area contributed by atoms with Crippen molar-refractivity contribution in [3.63, 3.8) is 0 Å². The van der Waals surface area contributed by atoms with Gasteiger partial charge in [0.15, 0.2) is 0 Å². The molecule has 0 radical (unpaired) electrons. The van der Waals surface area contributed by atoms with Crippen molar-refractivity contribution in [2.24, 2.45) is 5.41 Å². The Hall–Kier alpha value is -1.61. The predicted octanol–water partition coefficient (Wildman–Crippen LogP) is 4.51. The molecule has 0 unspecified atom stereocenters. The van der Waals surface area contributed by atoms with Crippen molar-refractivity contribution in [1.29, 1.82) is 0 Å². The number of esters is 1. The molecular weight excluding hydrogens is 328 g/mol. The number of methoxy groups -OCH3 is 1. The summed E-state index contributed by atoms with van der Waals surface area (Å²) in [4.78, 5) is 12.3. The van der Waals surface area contributed by atoms with Crippen molar-refractivity contribution >= 4 is 21.9 Å². The highest BCUT2D eigenvalue weighted by molar-refractivity contribution is 9.10. The van der Waals surface area contributed by atoms with Gasteiger partial charge in [0.25, 0.3) is 0 Å². The van der Waals surface area contributed by atoms with E-state index >= 15 is 0 Å². The minimum absolute atomic E-state index is 0.135. The molecule has 0 amide bonds. The van der Waals surface area contributed by atoms with E-state index in [1.165, 1.54) is 18.2 Å². The Balaban J connectivity index is 2.01. The first kappa shape index (κ1) is 14.3. The molecule has 3 atom stereocenters. The lowest BCUT2D eigenvalue weighted by Gasteiger charge is -2.09. The van der Waals surface area contributed by atoms with Gasteiger partial charge in [-0.2, -0.15) is 0 Å². The maximum absolute atomic E-state index is 12.3. The van der Waals surface area contributed by atoms with Crippen molar-refractivity contribution in [3.05, 3.63) is 70.2 Å². The molecule has 1 fully saturated rings. The van der Waals surface area contributed by atoms with Gasteiger partial charge in [-0.3, -0.25) is 4.79 Å². The number of carbonyl (C=O) groups is 1. The van der Waals surface area contributed by atoms with Gasteiger partial charge in [-0.15, -0.1) is 0 Å². The van der Waals surface area contributed by atoms with E-state index in [1.54, 1.807) is 0 Å². The van der Waals surface area contributed by atoms with Gasteiger partial charge in [-0.1, -0.05) is 58.4 Å². The van der Waals surface area contributed by atoms with Gasteiger partial charge < -0.3 is 4.74 Å². The quantitative estimate of drug-likeness (QED) is 0.765. The highest BCUT2D eigenvalue weighted by atomic mass is 79.9. The summed E-state index contributed by atoms with van der Waals surface area (Å²) in [5, 5.41) is 0. The third-order valence-electron chi connectivity index (χ3n) is 4.53. The highest BCUT2D eigenvalue weighted by Crippen LogP contribution is 2.70. The number of hydrogen-bond acceptors (Lipinski definition) is 2. The SMILES string of the molecule is COC(=O)[C@]1(C)[C@H](c2ccccc2)[C@H]1c1ccc(Br)cc1. The van der Waals surface area contributed by atoms with Crippen molar-refractivity contribution in [3.8, 4) is 0 Å². The second-order valence-corrected chi connectivity index (χ2v) is 6.61. The number of benzene rings is 2. The van der Waals surface area contributed by atoms with Gasteiger partial charge in [0.2, 0.25) is 0 Å². The topological polar surface area (TPSA) is 26.3 Å². The molecule has 0 spiro atoms. The highest BCUT2D eigenvalue weighted by Gasteiger charge is 2.67. The molecule has 1 saturated carbocycles. The van der Waals surface area contributed by atoms with Crippen LogP contribution in [0.15, 0.2) is 59.1 Å². The zero-order valence-corrected chi connectivity index (χ0v) is 13.6. The van der Waals surface area contributed by atoms with Gasteiger partial charge in [-0.25, -0.2) is 0 Å². The van der Waals surface area contributed by atoms with Crippen LogP contribution in [0.5, 0.6) is 0 Å². The fourth-order valence-electron chi connectivity index (χ4n) is 3.39. The van der Waals surface area contributed by atoms with Gasteiger partial charge in [0.05, 0.1) is 12.5 Å². The van der Waals surface area contributed by atoms with Gasteiger partial charge >= 0.3 is 5.97 Å². The van der Waals surface area contributed by atoms with Gasteiger partial charge in [0.1, 0.15) is 0 Å². The molecule has 0 heterocycles. The first-order valence-corrected chi connectivity index (χ1v) is 7.77. The average Bonchev–Trinajstić information content (AvgIpc) is 3.15. The Bertz CT molecular complexity index is 651. The normalized spacial score (nSPS) is 27.2. The molecule has 2 nitrogen and oxygen atoms in total. The molecule has 108 valence electrons. The van der Waals surface area contributed by atoms with E-state index in [2.05, 4.69) is 40.2 Å². The minimum atomic E-state index is -0.482. The Labute approximate surface area is 133 Å². The molecule has 3 heteroatoms. The molecule has 1 aliphatic carbocycles. The van der Waals surface area contributed by atoms with Gasteiger partial charge in [0, 0.05) is 16.3 Å². The van der Waals surface area contributed by atoms with Crippen LogP contribution in [-0.2, 0) is 9.53 Å². The monoisotopic (exact) mass is 344 g/mol. The molecule has 2 aromatic rings. The lowest BCUT2D eigenvalue weighted by atomic mass is 10.0. The van der Waals surface area contributed by atoms with E-state index in [4.69, 9.17) is 4.74 Å². The minimum Gasteiger partial charge on any atom is -0.469 e. The van der Waals surface area contributed by atoms with Crippen LogP contribution < -0.4 is 0 Å². The molecule has 0 bridgehead atoms. The second-order valence-electron chi connectivity index (χ2n) is 5.69. The predicted molar refractivity (Wildman–Crippen MR) is 86.2 cm³/mol. The van der Waals surface area contributed by atoms with E-state index in [9.17, 15) is 4.79 Å². The maximum atomic E-state index is 12.3. The number of carbonyl (C=O) groups excluding carboxylic acids is 1.